The van der Waals surface area contributed by atoms with Gasteiger partial charge in [0.15, 0.2) is 0 Å². The van der Waals surface area contributed by atoms with Gasteiger partial charge in [-0.15, -0.1) is 0 Å². The zero-order valence-electron chi connectivity index (χ0n) is 11.2. The van der Waals surface area contributed by atoms with Crippen LogP contribution in [0.2, 0.25) is 0 Å². The third-order valence-corrected chi connectivity index (χ3v) is 2.46. The number of rotatable bonds is 4. The molecule has 5 nitrogen and oxygen atoms in total. The molecule has 5 heteroatoms. The lowest BCUT2D eigenvalue weighted by molar-refractivity contribution is 0.0624. The summed E-state index contributed by atoms with van der Waals surface area (Å²) in [5, 5.41) is 10.3. The van der Waals surface area contributed by atoms with Gasteiger partial charge in [0.25, 0.3) is 0 Å². The van der Waals surface area contributed by atoms with Gasteiger partial charge >= 0.3 is 6.09 Å². The highest BCUT2D eigenvalue weighted by molar-refractivity contribution is 5.65. The zero-order chi connectivity index (χ0) is 13.8. The van der Waals surface area contributed by atoms with Gasteiger partial charge in [0, 0.05) is 6.54 Å². The van der Waals surface area contributed by atoms with Gasteiger partial charge in [-0.2, -0.15) is 0 Å². The summed E-state index contributed by atoms with van der Waals surface area (Å²) in [6.07, 6.45) is -0.990. The van der Waals surface area contributed by atoms with Crippen molar-refractivity contribution in [2.75, 3.05) is 7.11 Å². The van der Waals surface area contributed by atoms with E-state index in [0.717, 1.165) is 11.3 Å². The van der Waals surface area contributed by atoms with Gasteiger partial charge in [-0.3, -0.25) is 0 Å². The molecular weight excluding hydrogens is 232 g/mol. The van der Waals surface area contributed by atoms with E-state index < -0.39 is 11.6 Å². The molecule has 0 aliphatic carbocycles. The van der Waals surface area contributed by atoms with Crippen molar-refractivity contribution in [3.8, 4) is 5.75 Å². The minimum absolute atomic E-state index is 0.452. The van der Waals surface area contributed by atoms with Crippen LogP contribution in [0.5, 0.6) is 5.75 Å². The molecule has 0 saturated heterocycles. The molecule has 1 aromatic carbocycles. The van der Waals surface area contributed by atoms with Crippen molar-refractivity contribution < 1.29 is 14.6 Å². The van der Waals surface area contributed by atoms with E-state index in [4.69, 9.17) is 9.84 Å². The van der Waals surface area contributed by atoms with Gasteiger partial charge < -0.3 is 9.84 Å². The van der Waals surface area contributed by atoms with Crippen molar-refractivity contribution >= 4 is 6.09 Å². The molecule has 0 spiro atoms. The number of nitrogens with one attached hydrogen (secondary N) is 1. The number of amides is 1. The van der Waals surface area contributed by atoms with Crippen LogP contribution in [0.4, 0.5) is 4.79 Å². The summed E-state index contributed by atoms with van der Waals surface area (Å²) in [5.74, 6) is 0.782. The Balaban J connectivity index is 2.64. The standard InChI is InChI=1S/C13H20N2O3/c1-13(2,3)15(12(16)17)14-9-10-5-7-11(18-4)8-6-10/h5-8,14H,9H2,1-4H3,(H,16,17). The Morgan fingerprint density at radius 2 is 1.89 bits per heavy atom. The van der Waals surface area contributed by atoms with Crippen LogP contribution >= 0.6 is 0 Å². The van der Waals surface area contributed by atoms with Crippen LogP contribution in [-0.2, 0) is 6.54 Å². The van der Waals surface area contributed by atoms with E-state index in [9.17, 15) is 4.79 Å². The van der Waals surface area contributed by atoms with Crippen LogP contribution < -0.4 is 10.2 Å². The van der Waals surface area contributed by atoms with E-state index in [1.54, 1.807) is 7.11 Å². The van der Waals surface area contributed by atoms with Crippen molar-refractivity contribution in [3.05, 3.63) is 29.8 Å². The molecule has 2 N–H and O–H groups in total. The molecule has 1 rings (SSSR count). The fraction of sp³-hybridized carbons (Fsp3) is 0.462. The Hall–Kier alpha value is -1.75. The monoisotopic (exact) mass is 252 g/mol. The van der Waals surface area contributed by atoms with E-state index >= 15 is 0 Å². The fourth-order valence-electron chi connectivity index (χ4n) is 1.51. The van der Waals surface area contributed by atoms with Crippen LogP contribution in [0.25, 0.3) is 0 Å². The molecule has 100 valence electrons. The first-order valence-electron chi connectivity index (χ1n) is 5.74. The molecule has 0 atom stereocenters. The fourth-order valence-corrected chi connectivity index (χ4v) is 1.51. The van der Waals surface area contributed by atoms with Crippen LogP contribution in [0.3, 0.4) is 0 Å². The molecule has 0 heterocycles. The number of methoxy groups -OCH3 is 1. The van der Waals surface area contributed by atoms with E-state index in [2.05, 4.69) is 5.43 Å². The molecule has 0 saturated carbocycles. The zero-order valence-corrected chi connectivity index (χ0v) is 11.2. The van der Waals surface area contributed by atoms with Gasteiger partial charge in [0.05, 0.1) is 12.6 Å². The van der Waals surface area contributed by atoms with Crippen LogP contribution in [0, 0.1) is 0 Å². The van der Waals surface area contributed by atoms with Gasteiger partial charge in [0.2, 0.25) is 0 Å². The summed E-state index contributed by atoms with van der Waals surface area (Å²) in [6.45, 7) is 5.96. The Kier molecular flexibility index (Phi) is 4.55. The van der Waals surface area contributed by atoms with Crippen molar-refractivity contribution in [2.45, 2.75) is 32.9 Å². The number of carbonyl (C=O) groups is 1. The summed E-state index contributed by atoms with van der Waals surface area (Å²) in [4.78, 5) is 11.1. The average Bonchev–Trinajstić information content (AvgIpc) is 2.28. The highest BCUT2D eigenvalue weighted by atomic mass is 16.5. The van der Waals surface area contributed by atoms with Gasteiger partial charge in [-0.25, -0.2) is 15.2 Å². The second-order valence-electron chi connectivity index (χ2n) is 4.97. The summed E-state index contributed by atoms with van der Waals surface area (Å²) in [7, 11) is 1.61. The largest absolute Gasteiger partial charge is 0.497 e. The van der Waals surface area contributed by atoms with E-state index in [0.29, 0.717) is 6.54 Å². The molecule has 0 aliphatic heterocycles. The summed E-state index contributed by atoms with van der Waals surface area (Å²) in [5.41, 5.74) is 3.41. The van der Waals surface area contributed by atoms with Crippen molar-refractivity contribution in [3.63, 3.8) is 0 Å². The van der Waals surface area contributed by atoms with E-state index in [-0.39, 0.29) is 0 Å². The molecule has 18 heavy (non-hydrogen) atoms. The van der Waals surface area contributed by atoms with Crippen molar-refractivity contribution in [1.29, 1.82) is 0 Å². The lowest BCUT2D eigenvalue weighted by atomic mass is 10.1. The first kappa shape index (κ1) is 14.3. The molecule has 0 bridgehead atoms. The maximum absolute atomic E-state index is 11.1. The quantitative estimate of drug-likeness (QED) is 0.808. The van der Waals surface area contributed by atoms with E-state index in [1.165, 1.54) is 5.01 Å². The van der Waals surface area contributed by atoms with Crippen molar-refractivity contribution in [2.24, 2.45) is 0 Å². The number of benzene rings is 1. The first-order valence-corrected chi connectivity index (χ1v) is 5.74. The lowest BCUT2D eigenvalue weighted by Crippen LogP contribution is -2.52. The number of nitrogens with zero attached hydrogens (tertiary/aromatic N) is 1. The van der Waals surface area contributed by atoms with Gasteiger partial charge in [0.1, 0.15) is 5.75 Å². The maximum atomic E-state index is 11.1. The number of hydrogen-bond acceptors (Lipinski definition) is 3. The highest BCUT2D eigenvalue weighted by Gasteiger charge is 2.25. The number of ether oxygens (including phenoxy) is 1. The van der Waals surface area contributed by atoms with Gasteiger partial charge in [-0.1, -0.05) is 12.1 Å². The molecule has 0 aromatic heterocycles. The number of carboxylic acid groups (broad SMARTS) is 1. The van der Waals surface area contributed by atoms with Crippen LogP contribution in [-0.4, -0.2) is 28.9 Å². The third kappa shape index (κ3) is 3.92. The minimum Gasteiger partial charge on any atom is -0.497 e. The van der Waals surface area contributed by atoms with Gasteiger partial charge in [-0.05, 0) is 38.5 Å². The van der Waals surface area contributed by atoms with Crippen LogP contribution in [0.1, 0.15) is 26.3 Å². The van der Waals surface area contributed by atoms with Crippen molar-refractivity contribution in [1.82, 2.24) is 10.4 Å². The second-order valence-corrected chi connectivity index (χ2v) is 4.97. The Labute approximate surface area is 107 Å². The minimum atomic E-state index is -0.990. The molecular formula is C13H20N2O3. The highest BCUT2D eigenvalue weighted by Crippen LogP contribution is 2.13. The molecule has 0 unspecified atom stereocenters. The number of hydrazine groups is 1. The summed E-state index contributed by atoms with van der Waals surface area (Å²) in [6, 6.07) is 7.49. The SMILES string of the molecule is COc1ccc(CNN(C(=O)O)C(C)(C)C)cc1. The molecule has 0 radical (unpaired) electrons. The molecule has 1 aromatic rings. The predicted octanol–water partition coefficient (Wildman–Crippen LogP) is 2.48. The topological polar surface area (TPSA) is 61.8 Å². The summed E-state index contributed by atoms with van der Waals surface area (Å²) >= 11 is 0. The second kappa shape index (κ2) is 5.73. The normalized spacial score (nSPS) is 11.1. The predicted molar refractivity (Wildman–Crippen MR) is 69.5 cm³/mol. The summed E-state index contributed by atoms with van der Waals surface area (Å²) < 4.78 is 5.06. The average molecular weight is 252 g/mol. The van der Waals surface area contributed by atoms with E-state index in [1.807, 2.05) is 45.0 Å². The molecule has 1 amide bonds. The number of hydrogen-bond donors (Lipinski definition) is 2. The first-order chi connectivity index (χ1) is 8.34. The van der Waals surface area contributed by atoms with Crippen LogP contribution in [0.15, 0.2) is 24.3 Å². The molecule has 0 aliphatic rings. The molecule has 0 fully saturated rings. The Morgan fingerprint density at radius 1 is 1.33 bits per heavy atom. The maximum Gasteiger partial charge on any atom is 0.422 e. The Bertz CT molecular complexity index is 396. The lowest BCUT2D eigenvalue weighted by Gasteiger charge is -2.33. The third-order valence-electron chi connectivity index (χ3n) is 2.46. The smallest absolute Gasteiger partial charge is 0.422 e. The Morgan fingerprint density at radius 3 is 2.28 bits per heavy atom.